The standard InChI is InChI=1S/C26H26ClNO3/c1-16(17-4-5-19-13-21(30-2)8-6-18(19)12-17)25(29)28-23-15-26(10-3-11-26)31-24-9-7-20(27)14-22(23)24/h4-9,12-14,16,23H,3,10-11,15H2,1-2H3,(H,28,29)/t16-,23-/m0/s1. The van der Waals surface area contributed by atoms with Crippen molar-refractivity contribution < 1.29 is 14.3 Å². The van der Waals surface area contributed by atoms with E-state index in [1.54, 1.807) is 7.11 Å². The van der Waals surface area contributed by atoms with Crippen molar-refractivity contribution in [3.8, 4) is 11.5 Å². The lowest BCUT2D eigenvalue weighted by molar-refractivity contribution is -0.124. The molecule has 160 valence electrons. The van der Waals surface area contributed by atoms with E-state index in [1.807, 2.05) is 55.5 Å². The number of halogens is 1. The number of hydrogen-bond donors (Lipinski definition) is 1. The zero-order valence-electron chi connectivity index (χ0n) is 17.8. The van der Waals surface area contributed by atoms with Crippen LogP contribution < -0.4 is 14.8 Å². The SMILES string of the molecule is COc1ccc2cc([C@H](C)C(=O)N[C@H]3CC4(CCC4)Oc4ccc(Cl)cc43)ccc2c1. The number of nitrogens with one attached hydrogen (secondary N) is 1. The van der Waals surface area contributed by atoms with Gasteiger partial charge < -0.3 is 14.8 Å². The molecule has 0 aromatic heterocycles. The van der Waals surface area contributed by atoms with Crippen LogP contribution in [-0.2, 0) is 4.79 Å². The van der Waals surface area contributed by atoms with E-state index in [-0.39, 0.29) is 23.5 Å². The second kappa shape index (κ2) is 7.76. The van der Waals surface area contributed by atoms with Gasteiger partial charge in [-0.2, -0.15) is 0 Å². The number of carbonyl (C=O) groups excluding carboxylic acids is 1. The zero-order chi connectivity index (χ0) is 21.6. The predicted octanol–water partition coefficient (Wildman–Crippen LogP) is 6.17. The van der Waals surface area contributed by atoms with Crippen LogP contribution in [0.15, 0.2) is 54.6 Å². The lowest BCUT2D eigenvalue weighted by Gasteiger charge is -2.48. The van der Waals surface area contributed by atoms with Crippen LogP contribution >= 0.6 is 11.6 Å². The summed E-state index contributed by atoms with van der Waals surface area (Å²) in [7, 11) is 1.66. The Labute approximate surface area is 187 Å². The monoisotopic (exact) mass is 435 g/mol. The number of ether oxygens (including phenoxy) is 2. The first-order chi connectivity index (χ1) is 15.0. The molecule has 3 aromatic rings. The van der Waals surface area contributed by atoms with Crippen LogP contribution in [0.25, 0.3) is 10.8 Å². The maximum Gasteiger partial charge on any atom is 0.227 e. The number of hydrogen-bond acceptors (Lipinski definition) is 3. The molecule has 1 spiro atoms. The first kappa shape index (κ1) is 20.2. The highest BCUT2D eigenvalue weighted by molar-refractivity contribution is 6.30. The fourth-order valence-corrected chi connectivity index (χ4v) is 4.91. The topological polar surface area (TPSA) is 47.6 Å². The average Bonchev–Trinajstić information content (AvgIpc) is 2.76. The lowest BCUT2D eigenvalue weighted by Crippen LogP contribution is -2.50. The van der Waals surface area contributed by atoms with Crippen LogP contribution in [0.1, 0.15) is 55.7 Å². The van der Waals surface area contributed by atoms with Gasteiger partial charge in [0.15, 0.2) is 0 Å². The minimum absolute atomic E-state index is 0.0140. The van der Waals surface area contributed by atoms with Gasteiger partial charge in [-0.1, -0.05) is 35.9 Å². The fraction of sp³-hybridized carbons (Fsp3) is 0.346. The summed E-state index contributed by atoms with van der Waals surface area (Å²) in [5.41, 5.74) is 1.81. The van der Waals surface area contributed by atoms with E-state index >= 15 is 0 Å². The predicted molar refractivity (Wildman–Crippen MR) is 123 cm³/mol. The minimum Gasteiger partial charge on any atom is -0.497 e. The smallest absolute Gasteiger partial charge is 0.227 e. The van der Waals surface area contributed by atoms with Gasteiger partial charge in [0, 0.05) is 17.0 Å². The highest BCUT2D eigenvalue weighted by Gasteiger charge is 2.46. The molecule has 1 heterocycles. The van der Waals surface area contributed by atoms with E-state index in [9.17, 15) is 4.79 Å². The summed E-state index contributed by atoms with van der Waals surface area (Å²) >= 11 is 6.26. The van der Waals surface area contributed by atoms with Gasteiger partial charge >= 0.3 is 0 Å². The molecule has 0 bridgehead atoms. The van der Waals surface area contributed by atoms with E-state index < -0.39 is 0 Å². The van der Waals surface area contributed by atoms with E-state index in [2.05, 4.69) is 11.4 Å². The highest BCUT2D eigenvalue weighted by Crippen LogP contribution is 2.49. The normalized spacial score (nSPS) is 19.8. The first-order valence-corrected chi connectivity index (χ1v) is 11.2. The Balaban J connectivity index is 1.39. The van der Waals surface area contributed by atoms with E-state index in [0.29, 0.717) is 5.02 Å². The Bertz CT molecular complexity index is 1150. The Morgan fingerprint density at radius 1 is 1.13 bits per heavy atom. The molecule has 2 atom stereocenters. The van der Waals surface area contributed by atoms with Crippen LogP contribution in [0.3, 0.4) is 0 Å². The molecule has 1 aliphatic heterocycles. The molecule has 3 aromatic carbocycles. The van der Waals surface area contributed by atoms with Gasteiger partial charge in [-0.25, -0.2) is 0 Å². The second-order valence-electron chi connectivity index (χ2n) is 8.78. The quantitative estimate of drug-likeness (QED) is 0.533. The van der Waals surface area contributed by atoms with Gasteiger partial charge in [-0.05, 0) is 72.9 Å². The number of carbonyl (C=O) groups is 1. The molecule has 1 fully saturated rings. The van der Waals surface area contributed by atoms with E-state index in [1.165, 1.54) is 6.42 Å². The molecule has 0 saturated heterocycles. The third kappa shape index (κ3) is 3.74. The van der Waals surface area contributed by atoms with Crippen molar-refractivity contribution in [3.05, 3.63) is 70.7 Å². The molecule has 1 N–H and O–H groups in total. The Hall–Kier alpha value is -2.72. The second-order valence-corrected chi connectivity index (χ2v) is 9.22. The van der Waals surface area contributed by atoms with Crippen molar-refractivity contribution in [2.45, 2.75) is 50.2 Å². The summed E-state index contributed by atoms with van der Waals surface area (Å²) in [5.74, 6) is 1.41. The fourth-order valence-electron chi connectivity index (χ4n) is 4.73. The molecule has 1 aliphatic carbocycles. The van der Waals surface area contributed by atoms with Gasteiger partial charge in [-0.15, -0.1) is 0 Å². The third-order valence-electron chi connectivity index (χ3n) is 6.80. The van der Waals surface area contributed by atoms with Gasteiger partial charge in [0.05, 0.1) is 19.1 Å². The summed E-state index contributed by atoms with van der Waals surface area (Å²) in [5, 5.41) is 6.13. The Kier molecular flexibility index (Phi) is 5.05. The summed E-state index contributed by atoms with van der Waals surface area (Å²) in [6, 6.07) is 17.7. The molecule has 0 radical (unpaired) electrons. The number of benzene rings is 3. The molecular formula is C26H26ClNO3. The number of rotatable bonds is 4. The Morgan fingerprint density at radius 2 is 1.90 bits per heavy atom. The largest absolute Gasteiger partial charge is 0.497 e. The third-order valence-corrected chi connectivity index (χ3v) is 7.03. The van der Waals surface area contributed by atoms with Crippen LogP contribution in [0, 0.1) is 0 Å². The summed E-state index contributed by atoms with van der Waals surface area (Å²) in [6.45, 7) is 1.96. The van der Waals surface area contributed by atoms with Crippen molar-refractivity contribution in [1.29, 1.82) is 0 Å². The molecule has 1 saturated carbocycles. The molecule has 31 heavy (non-hydrogen) atoms. The van der Waals surface area contributed by atoms with Crippen LogP contribution in [0.4, 0.5) is 0 Å². The number of fused-ring (bicyclic) bond motifs is 2. The first-order valence-electron chi connectivity index (χ1n) is 10.8. The van der Waals surface area contributed by atoms with E-state index in [4.69, 9.17) is 21.1 Å². The van der Waals surface area contributed by atoms with Crippen molar-refractivity contribution in [2.75, 3.05) is 7.11 Å². The summed E-state index contributed by atoms with van der Waals surface area (Å²) in [6.07, 6.45) is 4.02. The van der Waals surface area contributed by atoms with Crippen molar-refractivity contribution in [2.24, 2.45) is 0 Å². The van der Waals surface area contributed by atoms with Crippen molar-refractivity contribution in [3.63, 3.8) is 0 Å². The number of amides is 1. The van der Waals surface area contributed by atoms with Gasteiger partial charge in [0.2, 0.25) is 5.91 Å². The van der Waals surface area contributed by atoms with Crippen LogP contribution in [0.5, 0.6) is 11.5 Å². The summed E-state index contributed by atoms with van der Waals surface area (Å²) in [4.78, 5) is 13.3. The minimum atomic E-state index is -0.269. The molecule has 1 amide bonds. The van der Waals surface area contributed by atoms with Gasteiger partial charge in [0.1, 0.15) is 17.1 Å². The van der Waals surface area contributed by atoms with Gasteiger partial charge in [-0.3, -0.25) is 4.79 Å². The average molecular weight is 436 g/mol. The van der Waals surface area contributed by atoms with Crippen molar-refractivity contribution >= 4 is 28.3 Å². The lowest BCUT2D eigenvalue weighted by atomic mass is 9.73. The maximum atomic E-state index is 13.3. The van der Waals surface area contributed by atoms with Crippen molar-refractivity contribution in [1.82, 2.24) is 5.32 Å². The zero-order valence-corrected chi connectivity index (χ0v) is 18.5. The molecular weight excluding hydrogens is 410 g/mol. The molecule has 2 aliphatic rings. The number of methoxy groups -OCH3 is 1. The molecule has 0 unspecified atom stereocenters. The summed E-state index contributed by atoms with van der Waals surface area (Å²) < 4.78 is 11.6. The molecule has 5 rings (SSSR count). The van der Waals surface area contributed by atoms with Crippen LogP contribution in [0.2, 0.25) is 5.02 Å². The molecule has 5 heteroatoms. The molecule has 4 nitrogen and oxygen atoms in total. The maximum absolute atomic E-state index is 13.3. The Morgan fingerprint density at radius 3 is 2.65 bits per heavy atom. The van der Waals surface area contributed by atoms with Gasteiger partial charge in [0.25, 0.3) is 0 Å². The van der Waals surface area contributed by atoms with E-state index in [0.717, 1.165) is 52.7 Å². The van der Waals surface area contributed by atoms with Crippen LogP contribution in [-0.4, -0.2) is 18.6 Å². The highest BCUT2D eigenvalue weighted by atomic mass is 35.5.